The lowest BCUT2D eigenvalue weighted by molar-refractivity contribution is 0.660. The van der Waals surface area contributed by atoms with Crippen LogP contribution in [0.4, 0.5) is 0 Å². The number of rotatable bonds is 2. The van der Waals surface area contributed by atoms with Gasteiger partial charge in [-0.1, -0.05) is 98.8 Å². The van der Waals surface area contributed by atoms with E-state index in [9.17, 15) is 0 Å². The van der Waals surface area contributed by atoms with Crippen LogP contribution in [0.25, 0.3) is 33.9 Å². The van der Waals surface area contributed by atoms with Gasteiger partial charge in [-0.15, -0.1) is 0 Å². The number of allylic oxidation sites excluding steroid dienone is 5. The van der Waals surface area contributed by atoms with Crippen LogP contribution in [0.15, 0.2) is 96.6 Å². The van der Waals surface area contributed by atoms with Crippen LogP contribution in [0.3, 0.4) is 0 Å². The fraction of sp³-hybridized carbons (Fsp3) is 0.231. The lowest BCUT2D eigenvalue weighted by Crippen LogP contribution is -2.15. The third-order valence-corrected chi connectivity index (χ3v) is 9.85. The molecule has 0 unspecified atom stereocenters. The van der Waals surface area contributed by atoms with E-state index < -0.39 is 0 Å². The lowest BCUT2D eigenvalue weighted by Gasteiger charge is -2.27. The zero-order valence-corrected chi connectivity index (χ0v) is 23.0. The molecule has 39 heavy (non-hydrogen) atoms. The van der Waals surface area contributed by atoms with Gasteiger partial charge in [0.15, 0.2) is 0 Å². The second-order valence-corrected chi connectivity index (χ2v) is 12.3. The molecule has 0 fully saturated rings. The Balaban J connectivity index is 1.15. The molecule has 4 aromatic carbocycles. The molecule has 0 saturated heterocycles. The van der Waals surface area contributed by atoms with Gasteiger partial charge in [-0.3, -0.25) is 0 Å². The van der Waals surface area contributed by atoms with Gasteiger partial charge in [-0.2, -0.15) is 0 Å². The quantitative estimate of drug-likeness (QED) is 0.256. The molecule has 0 spiro atoms. The molecular formula is C39H34. The van der Waals surface area contributed by atoms with E-state index in [1.54, 1.807) is 11.1 Å². The Kier molecular flexibility index (Phi) is 5.05. The van der Waals surface area contributed by atoms with Gasteiger partial charge in [-0.05, 0) is 129 Å². The van der Waals surface area contributed by atoms with Crippen molar-refractivity contribution in [2.75, 3.05) is 0 Å². The standard InChI is InChI=1S/C39H34/c1-39(2)37-23-30(28-13-11-25-7-3-4-9-27(25)21-28)16-19-35(37)36-20-17-31(24-38(36)39)29-15-18-34-32(22-29)14-12-26-8-5-6-10-33(26)34/h3-10,16-17,19-24H,11-15,18H2,1-2H3. The van der Waals surface area contributed by atoms with Crippen LogP contribution in [0, 0.1) is 0 Å². The van der Waals surface area contributed by atoms with E-state index in [0.29, 0.717) is 0 Å². The Morgan fingerprint density at radius 3 is 1.90 bits per heavy atom. The normalized spacial score (nSPS) is 18.3. The number of hydrogen-bond acceptors (Lipinski definition) is 0. The van der Waals surface area contributed by atoms with Crippen molar-refractivity contribution in [1.29, 1.82) is 0 Å². The maximum Gasteiger partial charge on any atom is 0.0159 e. The fourth-order valence-corrected chi connectivity index (χ4v) is 7.65. The van der Waals surface area contributed by atoms with E-state index in [0.717, 1.165) is 32.1 Å². The minimum Gasteiger partial charge on any atom is -0.0620 e. The van der Waals surface area contributed by atoms with E-state index in [-0.39, 0.29) is 5.41 Å². The van der Waals surface area contributed by atoms with Gasteiger partial charge in [0.25, 0.3) is 0 Å². The first kappa shape index (κ1) is 23.0. The van der Waals surface area contributed by atoms with E-state index in [1.807, 2.05) is 0 Å². The number of aryl methyl sites for hydroxylation is 2. The first-order chi connectivity index (χ1) is 19.1. The van der Waals surface area contributed by atoms with Crippen molar-refractivity contribution in [3.63, 3.8) is 0 Å². The largest absolute Gasteiger partial charge is 0.0620 e. The predicted octanol–water partition coefficient (Wildman–Crippen LogP) is 10.1. The zero-order valence-electron chi connectivity index (χ0n) is 23.0. The number of fused-ring (bicyclic) bond motifs is 6. The molecule has 0 amide bonds. The average Bonchev–Trinajstić information content (AvgIpc) is 3.22. The Hall–Kier alpha value is -3.90. The average molecular weight is 503 g/mol. The lowest BCUT2D eigenvalue weighted by atomic mass is 9.77. The molecule has 0 bridgehead atoms. The molecule has 0 aromatic heterocycles. The molecule has 8 rings (SSSR count). The molecule has 0 nitrogen and oxygen atoms in total. The van der Waals surface area contributed by atoms with Gasteiger partial charge < -0.3 is 0 Å². The molecular weight excluding hydrogens is 468 g/mol. The van der Waals surface area contributed by atoms with Crippen molar-refractivity contribution in [2.45, 2.75) is 57.8 Å². The third-order valence-electron chi connectivity index (χ3n) is 9.85. The van der Waals surface area contributed by atoms with Gasteiger partial charge in [0.1, 0.15) is 0 Å². The van der Waals surface area contributed by atoms with E-state index in [2.05, 4.69) is 111 Å². The minimum atomic E-state index is -0.00669. The summed E-state index contributed by atoms with van der Waals surface area (Å²) in [6, 6.07) is 32.4. The van der Waals surface area contributed by atoms with Crippen molar-refractivity contribution < 1.29 is 0 Å². The highest BCUT2D eigenvalue weighted by molar-refractivity contribution is 5.90. The Morgan fingerprint density at radius 2 is 1.13 bits per heavy atom. The number of hydrogen-bond donors (Lipinski definition) is 0. The zero-order chi connectivity index (χ0) is 26.1. The van der Waals surface area contributed by atoms with Gasteiger partial charge in [0.2, 0.25) is 0 Å². The molecule has 4 aliphatic rings. The van der Waals surface area contributed by atoms with Gasteiger partial charge in [0, 0.05) is 5.41 Å². The Bertz CT molecular complexity index is 1770. The smallest absolute Gasteiger partial charge is 0.0159 e. The molecule has 0 heteroatoms. The molecule has 4 aromatic rings. The summed E-state index contributed by atoms with van der Waals surface area (Å²) < 4.78 is 0. The Labute approximate surface area is 232 Å². The summed E-state index contributed by atoms with van der Waals surface area (Å²) in [4.78, 5) is 0. The summed E-state index contributed by atoms with van der Waals surface area (Å²) >= 11 is 0. The molecule has 0 saturated carbocycles. The minimum absolute atomic E-state index is 0.00669. The summed E-state index contributed by atoms with van der Waals surface area (Å²) in [5.41, 5.74) is 20.6. The SMILES string of the molecule is CC1(C)c2cc(C3=CC4=C(CC3)c3ccccc3CC4)ccc2-c2ccc(C3=Cc4ccccc4CC3)cc21. The second-order valence-electron chi connectivity index (χ2n) is 12.3. The first-order valence-corrected chi connectivity index (χ1v) is 14.7. The molecule has 4 aliphatic carbocycles. The highest BCUT2D eigenvalue weighted by Gasteiger charge is 2.36. The summed E-state index contributed by atoms with van der Waals surface area (Å²) in [5, 5.41) is 0. The molecule has 0 heterocycles. The van der Waals surface area contributed by atoms with Crippen molar-refractivity contribution in [2.24, 2.45) is 0 Å². The molecule has 0 radical (unpaired) electrons. The Morgan fingerprint density at radius 1 is 0.513 bits per heavy atom. The summed E-state index contributed by atoms with van der Waals surface area (Å²) in [6.07, 6.45) is 11.8. The fourth-order valence-electron chi connectivity index (χ4n) is 7.65. The molecule has 0 aliphatic heterocycles. The highest BCUT2D eigenvalue weighted by Crippen LogP contribution is 2.51. The summed E-state index contributed by atoms with van der Waals surface area (Å²) in [7, 11) is 0. The topological polar surface area (TPSA) is 0 Å². The first-order valence-electron chi connectivity index (χ1n) is 14.7. The van der Waals surface area contributed by atoms with Crippen LogP contribution in [0.5, 0.6) is 0 Å². The van der Waals surface area contributed by atoms with Gasteiger partial charge in [0.05, 0.1) is 0 Å². The van der Waals surface area contributed by atoms with Gasteiger partial charge in [-0.25, -0.2) is 0 Å². The monoisotopic (exact) mass is 502 g/mol. The maximum absolute atomic E-state index is 2.52. The van der Waals surface area contributed by atoms with Crippen LogP contribution < -0.4 is 0 Å². The molecule has 0 atom stereocenters. The van der Waals surface area contributed by atoms with E-state index in [4.69, 9.17) is 0 Å². The highest BCUT2D eigenvalue weighted by atomic mass is 14.4. The van der Waals surface area contributed by atoms with Crippen molar-refractivity contribution in [3.8, 4) is 11.1 Å². The van der Waals surface area contributed by atoms with Crippen LogP contribution in [0.2, 0.25) is 0 Å². The third kappa shape index (κ3) is 3.58. The van der Waals surface area contributed by atoms with E-state index >= 15 is 0 Å². The van der Waals surface area contributed by atoms with Crippen molar-refractivity contribution in [1.82, 2.24) is 0 Å². The van der Waals surface area contributed by atoms with Crippen LogP contribution in [-0.4, -0.2) is 0 Å². The van der Waals surface area contributed by atoms with Crippen molar-refractivity contribution >= 4 is 22.8 Å². The second kappa shape index (κ2) is 8.55. The molecule has 190 valence electrons. The summed E-state index contributed by atoms with van der Waals surface area (Å²) in [6.45, 7) is 4.84. The van der Waals surface area contributed by atoms with Gasteiger partial charge >= 0.3 is 0 Å². The molecule has 0 N–H and O–H groups in total. The van der Waals surface area contributed by atoms with Crippen LogP contribution in [0.1, 0.15) is 84.0 Å². The summed E-state index contributed by atoms with van der Waals surface area (Å²) in [5.74, 6) is 0. The van der Waals surface area contributed by atoms with Crippen LogP contribution >= 0.6 is 0 Å². The number of benzene rings is 4. The predicted molar refractivity (Wildman–Crippen MR) is 166 cm³/mol. The van der Waals surface area contributed by atoms with E-state index in [1.165, 1.54) is 73.2 Å². The van der Waals surface area contributed by atoms with Crippen molar-refractivity contribution in [3.05, 3.63) is 141 Å². The maximum atomic E-state index is 2.52. The van der Waals surface area contributed by atoms with Crippen LogP contribution in [-0.2, 0) is 18.3 Å².